The highest BCUT2D eigenvalue weighted by Gasteiger charge is 2.04. The molecular weight excluding hydrogens is 202 g/mol. The predicted octanol–water partition coefficient (Wildman–Crippen LogP) is 0.598. The van der Waals surface area contributed by atoms with Gasteiger partial charge in [-0.05, 0) is 26.3 Å². The van der Waals surface area contributed by atoms with Gasteiger partial charge in [-0.1, -0.05) is 0 Å². The second-order valence-electron chi connectivity index (χ2n) is 3.36. The van der Waals surface area contributed by atoms with Crippen molar-refractivity contribution in [3.63, 3.8) is 0 Å². The molecule has 0 aliphatic rings. The van der Waals surface area contributed by atoms with Crippen molar-refractivity contribution < 1.29 is 14.1 Å². The van der Waals surface area contributed by atoms with Crippen LogP contribution in [0.3, 0.4) is 0 Å². The highest BCUT2D eigenvalue weighted by Crippen LogP contribution is 1.94. The minimum absolute atomic E-state index is 0.162. The molecule has 0 aromatic heterocycles. The fourth-order valence-electron chi connectivity index (χ4n) is 0.949. The lowest BCUT2D eigenvalue weighted by atomic mass is 10.2. The molecular formula is C9H19NO3S. The van der Waals surface area contributed by atoms with Crippen LogP contribution in [0.2, 0.25) is 0 Å². The van der Waals surface area contributed by atoms with Crippen LogP contribution in [0, 0.1) is 0 Å². The Labute approximate surface area is 87.5 Å². The van der Waals surface area contributed by atoms with E-state index in [0.29, 0.717) is 6.42 Å². The molecule has 0 bridgehead atoms. The molecule has 14 heavy (non-hydrogen) atoms. The Morgan fingerprint density at radius 1 is 1.50 bits per heavy atom. The van der Waals surface area contributed by atoms with E-state index in [4.69, 9.17) is 5.11 Å². The molecule has 0 rings (SSSR count). The summed E-state index contributed by atoms with van der Waals surface area (Å²) in [6.07, 6.45) is 3.48. The molecule has 0 saturated heterocycles. The summed E-state index contributed by atoms with van der Waals surface area (Å²) in [5.41, 5.74) is 0. The first-order valence-electron chi connectivity index (χ1n) is 4.78. The van der Waals surface area contributed by atoms with Crippen LogP contribution < -0.4 is 5.32 Å². The van der Waals surface area contributed by atoms with Gasteiger partial charge in [-0.2, -0.15) is 0 Å². The SMILES string of the molecule is CC(CNCCCCC(=O)O)S(C)=O. The van der Waals surface area contributed by atoms with Crippen molar-refractivity contribution in [2.45, 2.75) is 31.4 Å². The summed E-state index contributed by atoms with van der Waals surface area (Å²) in [6.45, 7) is 3.46. The van der Waals surface area contributed by atoms with Crippen LogP contribution in [0.25, 0.3) is 0 Å². The molecule has 0 aromatic carbocycles. The maximum Gasteiger partial charge on any atom is 0.303 e. The van der Waals surface area contributed by atoms with E-state index in [1.165, 1.54) is 0 Å². The molecule has 5 heteroatoms. The van der Waals surface area contributed by atoms with Gasteiger partial charge in [0, 0.05) is 35.3 Å². The molecule has 0 aliphatic heterocycles. The summed E-state index contributed by atoms with van der Waals surface area (Å²) < 4.78 is 10.9. The lowest BCUT2D eigenvalue weighted by Crippen LogP contribution is -2.28. The quantitative estimate of drug-likeness (QED) is 0.589. The monoisotopic (exact) mass is 221 g/mol. The first kappa shape index (κ1) is 13.6. The molecule has 0 fully saturated rings. The number of carbonyl (C=O) groups is 1. The second kappa shape index (κ2) is 7.94. The van der Waals surface area contributed by atoms with Crippen LogP contribution >= 0.6 is 0 Å². The molecule has 2 unspecified atom stereocenters. The summed E-state index contributed by atoms with van der Waals surface area (Å²) >= 11 is 0. The van der Waals surface area contributed by atoms with E-state index < -0.39 is 16.8 Å². The molecule has 0 radical (unpaired) electrons. The summed E-state index contributed by atoms with van der Waals surface area (Å²) in [6, 6.07) is 0. The number of hydrogen-bond acceptors (Lipinski definition) is 3. The summed E-state index contributed by atoms with van der Waals surface area (Å²) in [7, 11) is -0.781. The van der Waals surface area contributed by atoms with Gasteiger partial charge in [0.1, 0.15) is 0 Å². The van der Waals surface area contributed by atoms with Crippen molar-refractivity contribution >= 4 is 16.8 Å². The van der Waals surface area contributed by atoms with Crippen molar-refractivity contribution in [1.29, 1.82) is 0 Å². The van der Waals surface area contributed by atoms with E-state index >= 15 is 0 Å². The van der Waals surface area contributed by atoms with Crippen LogP contribution in [0.15, 0.2) is 0 Å². The summed E-state index contributed by atoms with van der Waals surface area (Å²) in [5, 5.41) is 11.7. The van der Waals surface area contributed by atoms with Crippen LogP contribution in [-0.4, -0.2) is 39.9 Å². The first-order valence-corrected chi connectivity index (χ1v) is 6.41. The molecule has 0 spiro atoms. The number of carboxylic acids is 1. The average molecular weight is 221 g/mol. The van der Waals surface area contributed by atoms with Crippen molar-refractivity contribution in [2.24, 2.45) is 0 Å². The molecule has 0 heterocycles. The maximum absolute atomic E-state index is 10.9. The van der Waals surface area contributed by atoms with E-state index in [0.717, 1.165) is 19.5 Å². The fourth-order valence-corrected chi connectivity index (χ4v) is 1.30. The zero-order valence-corrected chi connectivity index (χ0v) is 9.60. The van der Waals surface area contributed by atoms with Gasteiger partial charge in [0.15, 0.2) is 0 Å². The Hall–Kier alpha value is -0.420. The number of nitrogens with one attached hydrogen (secondary N) is 1. The summed E-state index contributed by atoms with van der Waals surface area (Å²) in [4.78, 5) is 10.2. The topological polar surface area (TPSA) is 66.4 Å². The molecule has 0 aliphatic carbocycles. The molecule has 2 atom stereocenters. The molecule has 0 aromatic rings. The Kier molecular flexibility index (Phi) is 7.70. The van der Waals surface area contributed by atoms with E-state index in [1.54, 1.807) is 6.26 Å². The van der Waals surface area contributed by atoms with E-state index in [2.05, 4.69) is 5.32 Å². The molecule has 84 valence electrons. The fraction of sp³-hybridized carbons (Fsp3) is 0.889. The van der Waals surface area contributed by atoms with Crippen molar-refractivity contribution in [1.82, 2.24) is 5.32 Å². The number of hydrogen-bond donors (Lipinski definition) is 2. The van der Waals surface area contributed by atoms with Gasteiger partial charge < -0.3 is 10.4 Å². The third kappa shape index (κ3) is 8.19. The van der Waals surface area contributed by atoms with Crippen LogP contribution in [0.4, 0.5) is 0 Å². The molecule has 0 saturated carbocycles. The average Bonchev–Trinajstić information content (AvgIpc) is 2.09. The zero-order chi connectivity index (χ0) is 11.0. The van der Waals surface area contributed by atoms with E-state index in [9.17, 15) is 9.00 Å². The summed E-state index contributed by atoms with van der Waals surface area (Å²) in [5.74, 6) is -0.743. The second-order valence-corrected chi connectivity index (χ2v) is 5.17. The number of aliphatic carboxylic acids is 1. The number of carboxylic acid groups (broad SMARTS) is 1. The molecule has 0 amide bonds. The smallest absolute Gasteiger partial charge is 0.303 e. The van der Waals surface area contributed by atoms with E-state index in [-0.39, 0.29) is 11.7 Å². The number of unbranched alkanes of at least 4 members (excludes halogenated alkanes) is 1. The van der Waals surface area contributed by atoms with Gasteiger partial charge in [-0.25, -0.2) is 0 Å². The largest absolute Gasteiger partial charge is 0.481 e. The lowest BCUT2D eigenvalue weighted by molar-refractivity contribution is -0.137. The third-order valence-electron chi connectivity index (χ3n) is 1.99. The Balaban J connectivity index is 3.21. The molecule has 4 nitrogen and oxygen atoms in total. The highest BCUT2D eigenvalue weighted by molar-refractivity contribution is 7.84. The Bertz CT molecular complexity index is 196. The van der Waals surface area contributed by atoms with Crippen molar-refractivity contribution in [2.75, 3.05) is 19.3 Å². The molecule has 2 N–H and O–H groups in total. The van der Waals surface area contributed by atoms with Crippen LogP contribution in [0.5, 0.6) is 0 Å². The van der Waals surface area contributed by atoms with Gasteiger partial charge in [0.25, 0.3) is 0 Å². The lowest BCUT2D eigenvalue weighted by Gasteiger charge is -2.09. The number of rotatable bonds is 8. The predicted molar refractivity (Wildman–Crippen MR) is 57.9 cm³/mol. The van der Waals surface area contributed by atoms with Gasteiger partial charge in [-0.15, -0.1) is 0 Å². The van der Waals surface area contributed by atoms with Gasteiger partial charge >= 0.3 is 5.97 Å². The van der Waals surface area contributed by atoms with Gasteiger partial charge in [-0.3, -0.25) is 9.00 Å². The first-order chi connectivity index (χ1) is 6.54. The highest BCUT2D eigenvalue weighted by atomic mass is 32.2. The van der Waals surface area contributed by atoms with Crippen molar-refractivity contribution in [3.05, 3.63) is 0 Å². The Morgan fingerprint density at radius 3 is 2.64 bits per heavy atom. The van der Waals surface area contributed by atoms with Crippen molar-refractivity contribution in [3.8, 4) is 0 Å². The Morgan fingerprint density at radius 2 is 2.14 bits per heavy atom. The van der Waals surface area contributed by atoms with Crippen LogP contribution in [0.1, 0.15) is 26.2 Å². The van der Waals surface area contributed by atoms with Crippen LogP contribution in [-0.2, 0) is 15.6 Å². The standard InChI is InChI=1S/C9H19NO3S/c1-8(14(2)13)7-10-6-4-3-5-9(11)12/h8,10H,3-7H2,1-2H3,(H,11,12). The zero-order valence-electron chi connectivity index (χ0n) is 8.78. The normalized spacial score (nSPS) is 15.0. The minimum Gasteiger partial charge on any atom is -0.481 e. The van der Waals surface area contributed by atoms with E-state index in [1.807, 2.05) is 6.92 Å². The maximum atomic E-state index is 10.9. The minimum atomic E-state index is -0.781. The van der Waals surface area contributed by atoms with Gasteiger partial charge in [0.05, 0.1) is 0 Å². The van der Waals surface area contributed by atoms with Gasteiger partial charge in [0.2, 0.25) is 0 Å². The third-order valence-corrected chi connectivity index (χ3v) is 3.29.